The number of ether oxygens (including phenoxy) is 2. The van der Waals surface area contributed by atoms with Crippen LogP contribution in [-0.2, 0) is 4.74 Å². The van der Waals surface area contributed by atoms with Gasteiger partial charge in [0.05, 0.1) is 25.4 Å². The Morgan fingerprint density at radius 2 is 1.94 bits per heavy atom. The lowest BCUT2D eigenvalue weighted by molar-refractivity contribution is 0.0499. The van der Waals surface area contributed by atoms with Crippen LogP contribution >= 0.6 is 0 Å². The van der Waals surface area contributed by atoms with Gasteiger partial charge in [0.2, 0.25) is 0 Å². The molecule has 1 rings (SSSR count). The van der Waals surface area contributed by atoms with E-state index in [1.54, 1.807) is 0 Å². The molecule has 0 bridgehead atoms. The van der Waals surface area contributed by atoms with E-state index in [9.17, 15) is 0 Å². The van der Waals surface area contributed by atoms with Crippen molar-refractivity contribution >= 4 is 0 Å². The van der Waals surface area contributed by atoms with E-state index in [-0.39, 0.29) is 12.1 Å². The Hall–Kier alpha value is -1.06. The molecule has 0 aliphatic rings. The molecule has 1 aromatic carbocycles. The summed E-state index contributed by atoms with van der Waals surface area (Å²) in [6.45, 7) is 7.40. The maximum atomic E-state index is 6.17. The van der Waals surface area contributed by atoms with Gasteiger partial charge in [0.1, 0.15) is 5.75 Å². The first-order valence-electron chi connectivity index (χ1n) is 6.77. The van der Waals surface area contributed by atoms with Gasteiger partial charge in [-0.1, -0.05) is 31.5 Å². The second-order valence-corrected chi connectivity index (χ2v) is 4.51. The molecule has 2 unspecified atom stereocenters. The monoisotopic (exact) mass is 251 g/mol. The first-order chi connectivity index (χ1) is 8.69. The number of para-hydroxylation sites is 1. The number of hydrogen-bond acceptors (Lipinski definition) is 3. The minimum absolute atomic E-state index is 0.132. The zero-order valence-corrected chi connectivity index (χ0v) is 11.7. The van der Waals surface area contributed by atoms with E-state index in [4.69, 9.17) is 15.2 Å². The summed E-state index contributed by atoms with van der Waals surface area (Å²) < 4.78 is 11.3. The van der Waals surface area contributed by atoms with Crippen LogP contribution in [0.4, 0.5) is 0 Å². The summed E-state index contributed by atoms with van der Waals surface area (Å²) in [5, 5.41) is 0. The molecule has 0 aliphatic heterocycles. The third kappa shape index (κ3) is 4.67. The Labute approximate surface area is 110 Å². The highest BCUT2D eigenvalue weighted by Gasteiger charge is 2.13. The van der Waals surface area contributed by atoms with E-state index in [1.807, 2.05) is 31.2 Å². The molecular weight excluding hydrogens is 226 g/mol. The Morgan fingerprint density at radius 3 is 2.61 bits per heavy atom. The van der Waals surface area contributed by atoms with Crippen molar-refractivity contribution in [3.63, 3.8) is 0 Å². The summed E-state index contributed by atoms with van der Waals surface area (Å²) in [5.41, 5.74) is 7.18. The fraction of sp³-hybridized carbons (Fsp3) is 0.600. The molecule has 0 amide bonds. The van der Waals surface area contributed by atoms with Crippen LogP contribution in [-0.4, -0.2) is 19.3 Å². The predicted molar refractivity (Wildman–Crippen MR) is 74.9 cm³/mol. The van der Waals surface area contributed by atoms with Gasteiger partial charge in [-0.15, -0.1) is 0 Å². The highest BCUT2D eigenvalue weighted by molar-refractivity contribution is 5.35. The lowest BCUT2D eigenvalue weighted by Gasteiger charge is -2.19. The minimum atomic E-state index is -0.132. The maximum Gasteiger partial charge on any atom is 0.124 e. The van der Waals surface area contributed by atoms with Crippen LogP contribution in [0.2, 0.25) is 0 Å². The van der Waals surface area contributed by atoms with Crippen molar-refractivity contribution in [2.75, 3.05) is 13.2 Å². The number of rotatable bonds is 8. The van der Waals surface area contributed by atoms with E-state index in [2.05, 4.69) is 13.8 Å². The Bertz CT molecular complexity index is 341. The smallest absolute Gasteiger partial charge is 0.124 e. The Balaban J connectivity index is 2.57. The SMILES string of the molecule is CCCC(C)OCC(N)c1ccccc1OCC. The van der Waals surface area contributed by atoms with Crippen LogP contribution in [0.3, 0.4) is 0 Å². The van der Waals surface area contributed by atoms with Gasteiger partial charge in [-0.3, -0.25) is 0 Å². The fourth-order valence-electron chi connectivity index (χ4n) is 1.92. The van der Waals surface area contributed by atoms with Gasteiger partial charge in [0.25, 0.3) is 0 Å². The first-order valence-corrected chi connectivity index (χ1v) is 6.77. The Morgan fingerprint density at radius 1 is 1.22 bits per heavy atom. The topological polar surface area (TPSA) is 44.5 Å². The minimum Gasteiger partial charge on any atom is -0.494 e. The molecule has 2 N–H and O–H groups in total. The second kappa shape index (κ2) is 8.11. The summed E-state index contributed by atoms with van der Waals surface area (Å²) in [6.07, 6.45) is 2.46. The van der Waals surface area contributed by atoms with Crippen molar-refractivity contribution < 1.29 is 9.47 Å². The van der Waals surface area contributed by atoms with E-state index >= 15 is 0 Å². The van der Waals surface area contributed by atoms with Crippen LogP contribution < -0.4 is 10.5 Å². The Kier molecular flexibility index (Phi) is 6.76. The lowest BCUT2D eigenvalue weighted by atomic mass is 10.1. The molecule has 3 nitrogen and oxygen atoms in total. The molecule has 0 aromatic heterocycles. The summed E-state index contributed by atoms with van der Waals surface area (Å²) in [6, 6.07) is 7.76. The molecule has 0 saturated heterocycles. The van der Waals surface area contributed by atoms with Crippen LogP contribution in [0, 0.1) is 0 Å². The summed E-state index contributed by atoms with van der Waals surface area (Å²) in [4.78, 5) is 0. The van der Waals surface area contributed by atoms with E-state index < -0.39 is 0 Å². The molecule has 3 heteroatoms. The van der Waals surface area contributed by atoms with Crippen molar-refractivity contribution in [3.8, 4) is 5.75 Å². The molecule has 0 spiro atoms. The molecule has 0 heterocycles. The fourth-order valence-corrected chi connectivity index (χ4v) is 1.92. The first kappa shape index (κ1) is 15.0. The van der Waals surface area contributed by atoms with E-state index in [0.29, 0.717) is 13.2 Å². The highest BCUT2D eigenvalue weighted by Crippen LogP contribution is 2.24. The summed E-state index contributed by atoms with van der Waals surface area (Å²) >= 11 is 0. The van der Waals surface area contributed by atoms with E-state index in [0.717, 1.165) is 24.2 Å². The van der Waals surface area contributed by atoms with Crippen LogP contribution in [0.15, 0.2) is 24.3 Å². The second-order valence-electron chi connectivity index (χ2n) is 4.51. The van der Waals surface area contributed by atoms with Crippen molar-refractivity contribution in [2.24, 2.45) is 5.73 Å². The highest BCUT2D eigenvalue weighted by atomic mass is 16.5. The average Bonchev–Trinajstić information content (AvgIpc) is 2.37. The molecule has 0 aliphatic carbocycles. The van der Waals surface area contributed by atoms with Gasteiger partial charge >= 0.3 is 0 Å². The van der Waals surface area contributed by atoms with Crippen molar-refractivity contribution in [3.05, 3.63) is 29.8 Å². The molecule has 2 atom stereocenters. The number of benzene rings is 1. The van der Waals surface area contributed by atoms with Crippen molar-refractivity contribution in [1.29, 1.82) is 0 Å². The molecule has 102 valence electrons. The lowest BCUT2D eigenvalue weighted by Crippen LogP contribution is -2.21. The number of hydrogen-bond donors (Lipinski definition) is 1. The van der Waals surface area contributed by atoms with Gasteiger partial charge < -0.3 is 15.2 Å². The van der Waals surface area contributed by atoms with Crippen molar-refractivity contribution in [1.82, 2.24) is 0 Å². The van der Waals surface area contributed by atoms with E-state index in [1.165, 1.54) is 0 Å². The molecule has 0 radical (unpaired) electrons. The maximum absolute atomic E-state index is 6.17. The quantitative estimate of drug-likeness (QED) is 0.771. The largest absolute Gasteiger partial charge is 0.494 e. The van der Waals surface area contributed by atoms with Gasteiger partial charge in [-0.05, 0) is 26.3 Å². The van der Waals surface area contributed by atoms with Crippen molar-refractivity contribution in [2.45, 2.75) is 45.8 Å². The van der Waals surface area contributed by atoms with Crippen LogP contribution in [0.1, 0.15) is 45.2 Å². The normalized spacial score (nSPS) is 14.2. The molecule has 0 saturated carbocycles. The van der Waals surface area contributed by atoms with Gasteiger partial charge in [0.15, 0.2) is 0 Å². The van der Waals surface area contributed by atoms with Crippen LogP contribution in [0.25, 0.3) is 0 Å². The number of nitrogens with two attached hydrogens (primary N) is 1. The van der Waals surface area contributed by atoms with Gasteiger partial charge in [0, 0.05) is 5.56 Å². The zero-order valence-electron chi connectivity index (χ0n) is 11.7. The molecule has 0 fully saturated rings. The summed E-state index contributed by atoms with van der Waals surface area (Å²) in [7, 11) is 0. The molecule has 1 aromatic rings. The van der Waals surface area contributed by atoms with Gasteiger partial charge in [-0.25, -0.2) is 0 Å². The zero-order chi connectivity index (χ0) is 13.4. The van der Waals surface area contributed by atoms with Crippen LogP contribution in [0.5, 0.6) is 5.75 Å². The molecule has 18 heavy (non-hydrogen) atoms. The average molecular weight is 251 g/mol. The molecular formula is C15H25NO2. The standard InChI is InChI=1S/C15H25NO2/c1-4-8-12(3)18-11-14(16)13-9-6-7-10-15(13)17-5-2/h6-7,9-10,12,14H,4-5,8,11,16H2,1-3H3. The summed E-state index contributed by atoms with van der Waals surface area (Å²) in [5.74, 6) is 0.860. The third-order valence-corrected chi connectivity index (χ3v) is 2.87. The predicted octanol–water partition coefficient (Wildman–Crippen LogP) is 3.29. The van der Waals surface area contributed by atoms with Gasteiger partial charge in [-0.2, -0.15) is 0 Å². The third-order valence-electron chi connectivity index (χ3n) is 2.87.